The number of carbonyl (C=O) groups excluding carboxylic acids is 2. The Hall–Kier alpha value is -1.76. The molecule has 23 heavy (non-hydrogen) atoms. The van der Waals surface area contributed by atoms with Crippen LogP contribution in [0.1, 0.15) is 24.8 Å². The molecule has 2 aliphatic rings. The lowest BCUT2D eigenvalue weighted by molar-refractivity contribution is -0.137. The molecule has 4 nitrogen and oxygen atoms in total. The van der Waals surface area contributed by atoms with E-state index >= 15 is 0 Å². The first kappa shape index (κ1) is 16.1. The van der Waals surface area contributed by atoms with Crippen molar-refractivity contribution < 1.29 is 22.8 Å². The number of nitrogens with one attached hydrogen (secondary N) is 1. The second kappa shape index (κ2) is 5.70. The summed E-state index contributed by atoms with van der Waals surface area (Å²) < 4.78 is 38.5. The van der Waals surface area contributed by atoms with Crippen LogP contribution in [-0.2, 0) is 15.8 Å². The number of alkyl halides is 3. The molecular formula is C15H14ClF3N2O2. The number of carbonyl (C=O) groups is 2. The number of hydrogen-bond donors (Lipinski definition) is 1. The van der Waals surface area contributed by atoms with Gasteiger partial charge in [0, 0.05) is 19.0 Å². The van der Waals surface area contributed by atoms with E-state index in [1.54, 1.807) is 0 Å². The van der Waals surface area contributed by atoms with Crippen molar-refractivity contribution in [1.29, 1.82) is 0 Å². The fourth-order valence-electron chi connectivity index (χ4n) is 2.56. The molecule has 0 aromatic heterocycles. The van der Waals surface area contributed by atoms with E-state index in [1.807, 2.05) is 0 Å². The molecule has 2 amide bonds. The third kappa shape index (κ3) is 3.44. The zero-order chi connectivity index (χ0) is 16.8. The Morgan fingerprint density at radius 1 is 1.30 bits per heavy atom. The van der Waals surface area contributed by atoms with E-state index in [0.717, 1.165) is 35.9 Å². The predicted molar refractivity (Wildman–Crippen MR) is 78.1 cm³/mol. The molecule has 1 heterocycles. The number of benzene rings is 1. The molecule has 1 saturated heterocycles. The van der Waals surface area contributed by atoms with Crippen LogP contribution in [0.15, 0.2) is 18.2 Å². The minimum absolute atomic E-state index is 0.00628. The highest BCUT2D eigenvalue weighted by Crippen LogP contribution is 2.37. The first-order valence-corrected chi connectivity index (χ1v) is 7.61. The Bertz CT molecular complexity index is 659. The second-order valence-corrected chi connectivity index (χ2v) is 6.26. The van der Waals surface area contributed by atoms with Crippen LogP contribution in [0, 0.1) is 5.92 Å². The summed E-state index contributed by atoms with van der Waals surface area (Å²) in [6.45, 7) is 0.0401. The number of nitrogens with zero attached hydrogens (tertiary/aromatic N) is 1. The van der Waals surface area contributed by atoms with Crippen LogP contribution in [0.3, 0.4) is 0 Å². The summed E-state index contributed by atoms with van der Waals surface area (Å²) in [4.78, 5) is 25.3. The van der Waals surface area contributed by atoms with E-state index in [2.05, 4.69) is 5.32 Å². The molecule has 0 spiro atoms. The average molecular weight is 347 g/mol. The van der Waals surface area contributed by atoms with E-state index in [0.29, 0.717) is 0 Å². The highest BCUT2D eigenvalue weighted by Gasteiger charge is 2.39. The maximum Gasteiger partial charge on any atom is 0.416 e. The van der Waals surface area contributed by atoms with Gasteiger partial charge in [-0.3, -0.25) is 9.59 Å². The normalized spacial score (nSPS) is 21.7. The molecule has 0 radical (unpaired) electrons. The van der Waals surface area contributed by atoms with Gasteiger partial charge in [-0.05, 0) is 31.0 Å². The van der Waals surface area contributed by atoms with E-state index in [4.69, 9.17) is 11.6 Å². The predicted octanol–water partition coefficient (Wildman–Crippen LogP) is 2.99. The molecule has 1 N–H and O–H groups in total. The van der Waals surface area contributed by atoms with E-state index in [1.165, 1.54) is 0 Å². The van der Waals surface area contributed by atoms with Gasteiger partial charge in [-0.15, -0.1) is 0 Å². The molecule has 1 aliphatic heterocycles. The SMILES string of the molecule is O=C(NC1CC1)C1CC(=O)N(c2cc(C(F)(F)F)ccc2Cl)C1. The van der Waals surface area contributed by atoms with Crippen molar-refractivity contribution in [2.75, 3.05) is 11.4 Å². The van der Waals surface area contributed by atoms with Crippen molar-refractivity contribution in [1.82, 2.24) is 5.32 Å². The van der Waals surface area contributed by atoms with E-state index in [9.17, 15) is 22.8 Å². The van der Waals surface area contributed by atoms with Gasteiger partial charge in [-0.1, -0.05) is 11.6 Å². The van der Waals surface area contributed by atoms with Gasteiger partial charge < -0.3 is 10.2 Å². The molecule has 2 fully saturated rings. The zero-order valence-corrected chi connectivity index (χ0v) is 12.7. The summed E-state index contributed by atoms with van der Waals surface area (Å²) in [5.41, 5.74) is -0.885. The van der Waals surface area contributed by atoms with Crippen LogP contribution in [0.4, 0.5) is 18.9 Å². The summed E-state index contributed by atoms with van der Waals surface area (Å²) in [5.74, 6) is -1.19. The van der Waals surface area contributed by atoms with E-state index < -0.39 is 23.6 Å². The second-order valence-electron chi connectivity index (χ2n) is 5.85. The van der Waals surface area contributed by atoms with Crippen molar-refractivity contribution in [2.24, 2.45) is 5.92 Å². The molecule has 1 aromatic rings. The van der Waals surface area contributed by atoms with Gasteiger partial charge in [0.15, 0.2) is 0 Å². The number of hydrogen-bond acceptors (Lipinski definition) is 2. The van der Waals surface area contributed by atoms with Gasteiger partial charge in [0.25, 0.3) is 0 Å². The lowest BCUT2D eigenvalue weighted by Crippen LogP contribution is -2.34. The lowest BCUT2D eigenvalue weighted by atomic mass is 10.1. The van der Waals surface area contributed by atoms with Crippen LogP contribution < -0.4 is 10.2 Å². The van der Waals surface area contributed by atoms with Crippen LogP contribution in [0.5, 0.6) is 0 Å². The first-order valence-electron chi connectivity index (χ1n) is 7.23. The molecule has 0 bridgehead atoms. The minimum Gasteiger partial charge on any atom is -0.353 e. The number of rotatable bonds is 3. The molecule has 1 aliphatic carbocycles. The zero-order valence-electron chi connectivity index (χ0n) is 12.0. The Labute approximate surface area is 135 Å². The minimum atomic E-state index is -4.52. The van der Waals surface area contributed by atoms with Gasteiger partial charge in [-0.2, -0.15) is 13.2 Å². The molecule has 8 heteroatoms. The van der Waals surface area contributed by atoms with Gasteiger partial charge in [0.05, 0.1) is 22.2 Å². The highest BCUT2D eigenvalue weighted by molar-refractivity contribution is 6.34. The standard InChI is InChI=1S/C15H14ClF3N2O2/c16-11-4-1-9(15(17,18)19)6-12(11)21-7-8(5-13(21)22)14(23)20-10-2-3-10/h1,4,6,8,10H,2-3,5,7H2,(H,20,23). The van der Waals surface area contributed by atoms with E-state index in [-0.39, 0.29) is 35.6 Å². The Balaban J connectivity index is 1.81. The lowest BCUT2D eigenvalue weighted by Gasteiger charge is -2.20. The Kier molecular flexibility index (Phi) is 4.00. The summed E-state index contributed by atoms with van der Waals surface area (Å²) >= 11 is 5.95. The first-order chi connectivity index (χ1) is 10.8. The maximum absolute atomic E-state index is 12.8. The molecule has 3 rings (SSSR count). The molecular weight excluding hydrogens is 333 g/mol. The summed E-state index contributed by atoms with van der Waals surface area (Å²) in [7, 11) is 0. The van der Waals surface area contributed by atoms with Gasteiger partial charge in [0.1, 0.15) is 0 Å². The maximum atomic E-state index is 12.8. The fraction of sp³-hybridized carbons (Fsp3) is 0.467. The molecule has 1 saturated carbocycles. The quantitative estimate of drug-likeness (QED) is 0.914. The van der Waals surface area contributed by atoms with Crippen LogP contribution in [0.2, 0.25) is 5.02 Å². The van der Waals surface area contributed by atoms with Crippen LogP contribution in [0.25, 0.3) is 0 Å². The van der Waals surface area contributed by atoms with Gasteiger partial charge >= 0.3 is 6.18 Å². The van der Waals surface area contributed by atoms with Crippen molar-refractivity contribution in [3.63, 3.8) is 0 Å². The summed E-state index contributed by atoms with van der Waals surface area (Å²) in [5, 5.41) is 2.86. The highest BCUT2D eigenvalue weighted by atomic mass is 35.5. The fourth-order valence-corrected chi connectivity index (χ4v) is 2.78. The third-order valence-corrected chi connectivity index (χ3v) is 4.30. The van der Waals surface area contributed by atoms with Gasteiger partial charge in [0.2, 0.25) is 11.8 Å². The number of amides is 2. The van der Waals surface area contributed by atoms with Crippen molar-refractivity contribution >= 4 is 29.1 Å². The molecule has 1 aromatic carbocycles. The summed E-state index contributed by atoms with van der Waals surface area (Å²) in [6, 6.07) is 3.00. The number of halogens is 4. The number of anilines is 1. The molecule has 1 atom stereocenters. The Morgan fingerprint density at radius 2 is 2.00 bits per heavy atom. The molecule has 124 valence electrons. The monoisotopic (exact) mass is 346 g/mol. The largest absolute Gasteiger partial charge is 0.416 e. The van der Waals surface area contributed by atoms with Crippen molar-refractivity contribution in [3.8, 4) is 0 Å². The van der Waals surface area contributed by atoms with Crippen molar-refractivity contribution in [3.05, 3.63) is 28.8 Å². The average Bonchev–Trinajstić information content (AvgIpc) is 3.18. The summed E-state index contributed by atoms with van der Waals surface area (Å²) in [6.07, 6.45) is -2.69. The smallest absolute Gasteiger partial charge is 0.353 e. The molecule has 1 unspecified atom stereocenters. The third-order valence-electron chi connectivity index (χ3n) is 3.98. The van der Waals surface area contributed by atoms with Gasteiger partial charge in [-0.25, -0.2) is 0 Å². The van der Waals surface area contributed by atoms with Crippen LogP contribution in [-0.4, -0.2) is 24.4 Å². The van der Waals surface area contributed by atoms with Crippen LogP contribution >= 0.6 is 11.6 Å². The Morgan fingerprint density at radius 3 is 2.61 bits per heavy atom. The van der Waals surface area contributed by atoms with Crippen molar-refractivity contribution in [2.45, 2.75) is 31.5 Å². The topological polar surface area (TPSA) is 49.4 Å².